The molecule has 7 nitrogen and oxygen atoms in total. The van der Waals surface area contributed by atoms with Crippen molar-refractivity contribution in [1.29, 1.82) is 0 Å². The second kappa shape index (κ2) is 8.77. The SMILES string of the molecule is Cc1cnc(CN2CCN(c3cc(CC(C)C)cc(F)c3-c3nn[nH]n3)CC2C)s1. The third kappa shape index (κ3) is 4.52. The highest BCUT2D eigenvalue weighted by atomic mass is 32.1. The Hall–Kier alpha value is -2.39. The molecule has 1 aromatic carbocycles. The zero-order chi connectivity index (χ0) is 21.3. The molecule has 3 aromatic rings. The summed E-state index contributed by atoms with van der Waals surface area (Å²) < 4.78 is 15.2. The first-order chi connectivity index (χ1) is 14.4. The quantitative estimate of drug-likeness (QED) is 0.644. The Morgan fingerprint density at radius 3 is 2.77 bits per heavy atom. The standard InChI is InChI=1S/C21H28FN7S/c1-13(2)7-16-8-17(22)20(21-24-26-27-25-21)18(9-16)29-6-5-28(14(3)11-29)12-19-23-10-15(4)30-19/h8-10,13-14H,5-7,11-12H2,1-4H3,(H,24,25,26,27). The third-order valence-electron chi connectivity index (χ3n) is 5.46. The number of nitrogens with one attached hydrogen (secondary N) is 1. The maximum absolute atomic E-state index is 15.2. The normalized spacial score (nSPS) is 17.8. The summed E-state index contributed by atoms with van der Waals surface area (Å²) in [5, 5.41) is 15.3. The first-order valence-corrected chi connectivity index (χ1v) is 11.2. The van der Waals surface area contributed by atoms with E-state index in [1.807, 2.05) is 6.20 Å². The van der Waals surface area contributed by atoms with E-state index in [9.17, 15) is 0 Å². The summed E-state index contributed by atoms with van der Waals surface area (Å²) in [5.74, 6) is 0.454. The molecule has 1 atom stereocenters. The molecule has 0 radical (unpaired) electrons. The topological polar surface area (TPSA) is 73.8 Å². The van der Waals surface area contributed by atoms with E-state index in [1.54, 1.807) is 17.4 Å². The number of tetrazole rings is 1. The molecule has 0 spiro atoms. The van der Waals surface area contributed by atoms with Gasteiger partial charge < -0.3 is 4.90 Å². The van der Waals surface area contributed by atoms with Gasteiger partial charge >= 0.3 is 0 Å². The molecule has 4 rings (SSSR count). The monoisotopic (exact) mass is 429 g/mol. The molecule has 30 heavy (non-hydrogen) atoms. The van der Waals surface area contributed by atoms with Crippen molar-refractivity contribution in [2.75, 3.05) is 24.5 Å². The fourth-order valence-electron chi connectivity index (χ4n) is 4.07. The Balaban J connectivity index is 1.60. The average molecular weight is 430 g/mol. The molecule has 1 fully saturated rings. The molecule has 9 heteroatoms. The van der Waals surface area contributed by atoms with Gasteiger partial charge in [0.2, 0.25) is 5.82 Å². The summed E-state index contributed by atoms with van der Waals surface area (Å²) in [6.45, 7) is 12.0. The first-order valence-electron chi connectivity index (χ1n) is 10.4. The van der Waals surface area contributed by atoms with E-state index < -0.39 is 0 Å². The molecule has 0 bridgehead atoms. The number of piperazine rings is 1. The lowest BCUT2D eigenvalue weighted by molar-refractivity contribution is 0.181. The van der Waals surface area contributed by atoms with Crippen LogP contribution < -0.4 is 4.90 Å². The fraction of sp³-hybridized carbons (Fsp3) is 0.524. The maximum Gasteiger partial charge on any atom is 0.209 e. The van der Waals surface area contributed by atoms with Gasteiger partial charge in [-0.2, -0.15) is 5.21 Å². The van der Waals surface area contributed by atoms with Crippen molar-refractivity contribution < 1.29 is 4.39 Å². The molecule has 1 unspecified atom stereocenters. The van der Waals surface area contributed by atoms with Gasteiger partial charge in [-0.25, -0.2) is 9.37 Å². The van der Waals surface area contributed by atoms with Crippen LogP contribution in [0.25, 0.3) is 11.4 Å². The number of hydrogen-bond donors (Lipinski definition) is 1. The van der Waals surface area contributed by atoms with Crippen LogP contribution in [0.5, 0.6) is 0 Å². The molecule has 1 saturated heterocycles. The molecular formula is C21H28FN7S. The van der Waals surface area contributed by atoms with Crippen molar-refractivity contribution >= 4 is 17.0 Å². The molecule has 0 aliphatic carbocycles. The molecular weight excluding hydrogens is 401 g/mol. The minimum absolute atomic E-state index is 0.294. The minimum atomic E-state index is -0.294. The number of aryl methyl sites for hydroxylation is 1. The van der Waals surface area contributed by atoms with Gasteiger partial charge in [0.15, 0.2) is 0 Å². The number of anilines is 1. The van der Waals surface area contributed by atoms with Crippen LogP contribution in [0.3, 0.4) is 0 Å². The van der Waals surface area contributed by atoms with E-state index in [2.05, 4.69) is 69.2 Å². The second-order valence-electron chi connectivity index (χ2n) is 8.44. The van der Waals surface area contributed by atoms with Gasteiger partial charge in [-0.1, -0.05) is 13.8 Å². The van der Waals surface area contributed by atoms with Crippen molar-refractivity contribution in [3.63, 3.8) is 0 Å². The first kappa shape index (κ1) is 20.9. The van der Waals surface area contributed by atoms with E-state index in [1.165, 1.54) is 4.88 Å². The molecule has 1 N–H and O–H groups in total. The van der Waals surface area contributed by atoms with Gasteiger partial charge in [0, 0.05) is 36.8 Å². The van der Waals surface area contributed by atoms with E-state index in [0.717, 1.165) is 48.9 Å². The largest absolute Gasteiger partial charge is 0.368 e. The molecule has 1 aliphatic heterocycles. The van der Waals surface area contributed by atoms with E-state index in [4.69, 9.17) is 0 Å². The van der Waals surface area contributed by atoms with Crippen molar-refractivity contribution in [3.8, 4) is 11.4 Å². The summed E-state index contributed by atoms with van der Waals surface area (Å²) in [6.07, 6.45) is 2.76. The van der Waals surface area contributed by atoms with Gasteiger partial charge in [-0.15, -0.1) is 21.5 Å². The number of nitrogens with zero attached hydrogens (tertiary/aromatic N) is 6. The highest BCUT2D eigenvalue weighted by Crippen LogP contribution is 2.34. The zero-order valence-corrected chi connectivity index (χ0v) is 18.7. The zero-order valence-electron chi connectivity index (χ0n) is 17.9. The van der Waals surface area contributed by atoms with Gasteiger partial charge in [0.05, 0.1) is 17.8 Å². The van der Waals surface area contributed by atoms with Gasteiger partial charge in [-0.3, -0.25) is 4.90 Å². The molecule has 160 valence electrons. The average Bonchev–Trinajstić information content (AvgIpc) is 3.34. The summed E-state index contributed by atoms with van der Waals surface area (Å²) in [5.41, 5.74) is 2.27. The van der Waals surface area contributed by atoms with Crippen molar-refractivity contribution in [2.24, 2.45) is 5.92 Å². The summed E-state index contributed by atoms with van der Waals surface area (Å²) in [6, 6.07) is 4.03. The number of thiazole rings is 1. The van der Waals surface area contributed by atoms with Crippen LogP contribution in [0.15, 0.2) is 18.3 Å². The lowest BCUT2D eigenvalue weighted by atomic mass is 9.98. The summed E-state index contributed by atoms with van der Waals surface area (Å²) >= 11 is 1.75. The number of aromatic nitrogens is 5. The number of benzene rings is 1. The number of aromatic amines is 1. The summed E-state index contributed by atoms with van der Waals surface area (Å²) in [7, 11) is 0. The van der Waals surface area contributed by atoms with Gasteiger partial charge in [0.1, 0.15) is 10.8 Å². The molecule has 0 amide bonds. The van der Waals surface area contributed by atoms with Crippen molar-refractivity contribution in [3.05, 3.63) is 39.6 Å². The third-order valence-corrected chi connectivity index (χ3v) is 6.35. The molecule has 3 heterocycles. The van der Waals surface area contributed by atoms with Gasteiger partial charge in [0.25, 0.3) is 0 Å². The Bertz CT molecular complexity index is 985. The fourth-order valence-corrected chi connectivity index (χ4v) is 4.88. The number of rotatable bonds is 6. The van der Waals surface area contributed by atoms with Crippen LogP contribution in [0.4, 0.5) is 10.1 Å². The lowest BCUT2D eigenvalue weighted by Crippen LogP contribution is -2.51. The van der Waals surface area contributed by atoms with Gasteiger partial charge in [-0.05, 0) is 49.1 Å². The van der Waals surface area contributed by atoms with E-state index in [0.29, 0.717) is 23.3 Å². The summed E-state index contributed by atoms with van der Waals surface area (Å²) in [4.78, 5) is 10.4. The highest BCUT2D eigenvalue weighted by molar-refractivity contribution is 7.11. The molecule has 0 saturated carbocycles. The number of halogens is 1. The molecule has 2 aromatic heterocycles. The predicted octanol–water partition coefficient (Wildman–Crippen LogP) is 3.68. The van der Waals surface area contributed by atoms with Crippen LogP contribution in [0, 0.1) is 18.7 Å². The molecule has 1 aliphatic rings. The number of hydrogen-bond acceptors (Lipinski definition) is 7. The van der Waals surface area contributed by atoms with Crippen LogP contribution in [0.1, 0.15) is 36.2 Å². The Morgan fingerprint density at radius 1 is 1.30 bits per heavy atom. The lowest BCUT2D eigenvalue weighted by Gasteiger charge is -2.41. The number of H-pyrrole nitrogens is 1. The minimum Gasteiger partial charge on any atom is -0.368 e. The van der Waals surface area contributed by atoms with E-state index in [-0.39, 0.29) is 5.82 Å². The second-order valence-corrected chi connectivity index (χ2v) is 9.75. The highest BCUT2D eigenvalue weighted by Gasteiger charge is 2.28. The maximum atomic E-state index is 15.2. The van der Waals surface area contributed by atoms with Crippen LogP contribution in [0.2, 0.25) is 0 Å². The predicted molar refractivity (Wildman–Crippen MR) is 117 cm³/mol. The van der Waals surface area contributed by atoms with Crippen LogP contribution in [-0.4, -0.2) is 56.2 Å². The van der Waals surface area contributed by atoms with E-state index >= 15 is 4.39 Å². The van der Waals surface area contributed by atoms with Crippen molar-refractivity contribution in [2.45, 2.75) is 46.7 Å². The Labute approximate surface area is 180 Å². The van der Waals surface area contributed by atoms with Crippen LogP contribution in [-0.2, 0) is 13.0 Å². The van der Waals surface area contributed by atoms with Crippen LogP contribution >= 0.6 is 11.3 Å². The van der Waals surface area contributed by atoms with Crippen molar-refractivity contribution in [1.82, 2.24) is 30.5 Å². The Morgan fingerprint density at radius 2 is 2.13 bits per heavy atom. The smallest absolute Gasteiger partial charge is 0.209 e. The Kier molecular flexibility index (Phi) is 6.10.